The maximum Gasteiger partial charge on any atom is 0.222 e. The Balaban J connectivity index is 1.88. The van der Waals surface area contributed by atoms with E-state index in [1.54, 1.807) is 6.20 Å². The van der Waals surface area contributed by atoms with E-state index in [-0.39, 0.29) is 11.8 Å². The largest absolute Gasteiger partial charge is 0.384 e. The number of rotatable bonds is 6. The van der Waals surface area contributed by atoms with Gasteiger partial charge >= 0.3 is 0 Å². The summed E-state index contributed by atoms with van der Waals surface area (Å²) < 4.78 is 0. The Bertz CT molecular complexity index is 628. The Morgan fingerprint density at radius 2 is 2.10 bits per heavy atom. The zero-order valence-electron chi connectivity index (χ0n) is 12.3. The van der Waals surface area contributed by atoms with Crippen LogP contribution in [-0.4, -0.2) is 24.0 Å². The first-order valence-electron chi connectivity index (χ1n) is 7.14. The van der Waals surface area contributed by atoms with Gasteiger partial charge in [0.15, 0.2) is 0 Å². The molecule has 2 aromatic rings. The van der Waals surface area contributed by atoms with E-state index in [0.717, 1.165) is 29.6 Å². The number of halogens is 1. The number of pyridine rings is 1. The number of aromatic nitrogens is 1. The van der Waals surface area contributed by atoms with Gasteiger partial charge in [0.05, 0.1) is 5.52 Å². The van der Waals surface area contributed by atoms with Crippen LogP contribution < -0.4 is 10.6 Å². The van der Waals surface area contributed by atoms with Gasteiger partial charge in [0.25, 0.3) is 0 Å². The highest BCUT2D eigenvalue weighted by molar-refractivity contribution is 6.31. The molecule has 21 heavy (non-hydrogen) atoms. The zero-order valence-corrected chi connectivity index (χ0v) is 13.1. The molecule has 2 rings (SSSR count). The second-order valence-corrected chi connectivity index (χ2v) is 5.68. The molecule has 5 heteroatoms. The van der Waals surface area contributed by atoms with Crippen LogP contribution in [0.15, 0.2) is 30.5 Å². The summed E-state index contributed by atoms with van der Waals surface area (Å²) >= 11 is 5.97. The number of hydrogen-bond donors (Lipinski definition) is 2. The molecule has 112 valence electrons. The average molecular weight is 306 g/mol. The molecule has 0 spiro atoms. The van der Waals surface area contributed by atoms with Crippen molar-refractivity contribution < 1.29 is 4.79 Å². The van der Waals surface area contributed by atoms with E-state index in [2.05, 4.69) is 15.6 Å². The average Bonchev–Trinajstić information content (AvgIpc) is 2.46. The minimum absolute atomic E-state index is 0.0341. The third kappa shape index (κ3) is 4.33. The summed E-state index contributed by atoms with van der Waals surface area (Å²) in [7, 11) is 0. The second kappa shape index (κ2) is 7.27. The topological polar surface area (TPSA) is 54.0 Å². The monoisotopic (exact) mass is 305 g/mol. The van der Waals surface area contributed by atoms with Crippen LogP contribution in [0.3, 0.4) is 0 Å². The lowest BCUT2D eigenvalue weighted by Crippen LogP contribution is -2.29. The van der Waals surface area contributed by atoms with E-state index < -0.39 is 0 Å². The molecule has 4 nitrogen and oxygen atoms in total. The maximum atomic E-state index is 11.4. The lowest BCUT2D eigenvalue weighted by molar-refractivity contribution is -0.123. The van der Waals surface area contributed by atoms with Crippen LogP contribution in [0.4, 0.5) is 5.69 Å². The Hall–Kier alpha value is -1.81. The molecule has 1 amide bonds. The predicted molar refractivity (Wildman–Crippen MR) is 87.7 cm³/mol. The van der Waals surface area contributed by atoms with Crippen LogP contribution in [0.5, 0.6) is 0 Å². The summed E-state index contributed by atoms with van der Waals surface area (Å²) in [6, 6.07) is 7.63. The highest BCUT2D eigenvalue weighted by Gasteiger charge is 2.05. The maximum absolute atomic E-state index is 11.4. The van der Waals surface area contributed by atoms with Gasteiger partial charge in [-0.2, -0.15) is 0 Å². The minimum atomic E-state index is 0.0341. The third-order valence-corrected chi connectivity index (χ3v) is 3.43. The summed E-state index contributed by atoms with van der Waals surface area (Å²) in [5, 5.41) is 8.01. The van der Waals surface area contributed by atoms with E-state index in [1.807, 2.05) is 38.1 Å². The number of nitrogens with one attached hydrogen (secondary N) is 2. The highest BCUT2D eigenvalue weighted by atomic mass is 35.5. The number of benzene rings is 1. The molecule has 1 aromatic carbocycles. The second-order valence-electron chi connectivity index (χ2n) is 5.25. The molecule has 0 atom stereocenters. The van der Waals surface area contributed by atoms with Crippen LogP contribution in [0.25, 0.3) is 10.9 Å². The summed E-state index contributed by atoms with van der Waals surface area (Å²) in [6.45, 7) is 5.25. The Morgan fingerprint density at radius 3 is 2.86 bits per heavy atom. The van der Waals surface area contributed by atoms with E-state index in [1.165, 1.54) is 0 Å². The van der Waals surface area contributed by atoms with Gasteiger partial charge in [-0.15, -0.1) is 0 Å². The van der Waals surface area contributed by atoms with E-state index in [9.17, 15) is 4.79 Å². The van der Waals surface area contributed by atoms with E-state index in [4.69, 9.17) is 11.6 Å². The van der Waals surface area contributed by atoms with Crippen molar-refractivity contribution in [3.63, 3.8) is 0 Å². The lowest BCUT2D eigenvalue weighted by atomic mass is 10.2. The Morgan fingerprint density at radius 1 is 1.29 bits per heavy atom. The van der Waals surface area contributed by atoms with Crippen molar-refractivity contribution in [2.75, 3.05) is 18.4 Å². The van der Waals surface area contributed by atoms with Crippen molar-refractivity contribution >= 4 is 34.1 Å². The number of carbonyl (C=O) groups is 1. The van der Waals surface area contributed by atoms with E-state index in [0.29, 0.717) is 11.6 Å². The molecule has 0 fully saturated rings. The molecule has 0 unspecified atom stereocenters. The molecule has 0 aliphatic carbocycles. The first kappa shape index (κ1) is 15.6. The van der Waals surface area contributed by atoms with Gasteiger partial charge in [0, 0.05) is 41.3 Å². The number of anilines is 1. The molecule has 0 saturated heterocycles. The Labute approximate surface area is 129 Å². The first-order valence-corrected chi connectivity index (χ1v) is 7.51. The van der Waals surface area contributed by atoms with Gasteiger partial charge < -0.3 is 10.6 Å². The summed E-state index contributed by atoms with van der Waals surface area (Å²) in [5.74, 6) is 0.130. The molecule has 1 heterocycles. The molecule has 1 aromatic heterocycles. The number of fused-ring (bicyclic) bond motifs is 1. The molecule has 0 aliphatic heterocycles. The predicted octanol–water partition coefficient (Wildman–Crippen LogP) is 3.46. The molecule has 0 saturated carbocycles. The van der Waals surface area contributed by atoms with Crippen LogP contribution in [0.1, 0.15) is 20.3 Å². The van der Waals surface area contributed by atoms with Crippen LogP contribution in [0.2, 0.25) is 5.02 Å². The first-order chi connectivity index (χ1) is 10.1. The normalized spacial score (nSPS) is 10.9. The molecule has 0 bridgehead atoms. The van der Waals surface area contributed by atoms with Crippen molar-refractivity contribution in [1.82, 2.24) is 10.3 Å². The van der Waals surface area contributed by atoms with Gasteiger partial charge in [-0.1, -0.05) is 25.4 Å². The van der Waals surface area contributed by atoms with Gasteiger partial charge in [-0.3, -0.25) is 9.78 Å². The van der Waals surface area contributed by atoms with Gasteiger partial charge in [-0.25, -0.2) is 0 Å². The van der Waals surface area contributed by atoms with Crippen molar-refractivity contribution in [3.05, 3.63) is 35.5 Å². The van der Waals surface area contributed by atoms with Crippen molar-refractivity contribution in [3.8, 4) is 0 Å². The lowest BCUT2D eigenvalue weighted by Gasteiger charge is -2.11. The Kier molecular flexibility index (Phi) is 5.39. The highest BCUT2D eigenvalue weighted by Crippen LogP contribution is 2.24. The van der Waals surface area contributed by atoms with Crippen molar-refractivity contribution in [2.45, 2.75) is 20.3 Å². The van der Waals surface area contributed by atoms with E-state index >= 15 is 0 Å². The quantitative estimate of drug-likeness (QED) is 0.804. The molecular formula is C16H20ClN3O. The summed E-state index contributed by atoms with van der Waals surface area (Å²) in [4.78, 5) is 15.7. The summed E-state index contributed by atoms with van der Waals surface area (Å²) in [6.07, 6.45) is 2.64. The molecular weight excluding hydrogens is 286 g/mol. The fourth-order valence-corrected chi connectivity index (χ4v) is 2.17. The fourth-order valence-electron chi connectivity index (χ4n) is 2.00. The minimum Gasteiger partial charge on any atom is -0.384 e. The smallest absolute Gasteiger partial charge is 0.222 e. The van der Waals surface area contributed by atoms with Crippen LogP contribution in [0, 0.1) is 5.92 Å². The van der Waals surface area contributed by atoms with Crippen LogP contribution >= 0.6 is 11.6 Å². The van der Waals surface area contributed by atoms with Gasteiger partial charge in [0.2, 0.25) is 5.91 Å². The number of hydrogen-bond acceptors (Lipinski definition) is 3. The van der Waals surface area contributed by atoms with Crippen molar-refractivity contribution in [2.24, 2.45) is 5.92 Å². The zero-order chi connectivity index (χ0) is 15.2. The third-order valence-electron chi connectivity index (χ3n) is 3.20. The number of nitrogens with zero attached hydrogens (tertiary/aromatic N) is 1. The SMILES string of the molecule is CC(C)C(=O)NCCCNc1ccnc2cc(Cl)ccc12. The van der Waals surface area contributed by atoms with Crippen LogP contribution in [-0.2, 0) is 4.79 Å². The standard InChI is InChI=1S/C16H20ClN3O/c1-11(2)16(21)20-8-3-7-18-14-6-9-19-15-10-12(17)4-5-13(14)15/h4-6,9-11H,3,7-8H2,1-2H3,(H,18,19)(H,20,21). The number of amides is 1. The molecule has 2 N–H and O–H groups in total. The van der Waals surface area contributed by atoms with Crippen molar-refractivity contribution in [1.29, 1.82) is 0 Å². The van der Waals surface area contributed by atoms with Gasteiger partial charge in [0.1, 0.15) is 0 Å². The summed E-state index contributed by atoms with van der Waals surface area (Å²) in [5.41, 5.74) is 1.91. The molecule has 0 aliphatic rings. The van der Waals surface area contributed by atoms with Gasteiger partial charge in [-0.05, 0) is 30.7 Å². The fraction of sp³-hybridized carbons (Fsp3) is 0.375. The number of carbonyl (C=O) groups excluding carboxylic acids is 1. The molecule has 0 radical (unpaired) electrons.